The molecular weight excluding hydrogens is 364 g/mol. The number of hydrogen-bond acceptors (Lipinski definition) is 4. The van der Waals surface area contributed by atoms with Gasteiger partial charge >= 0.3 is 5.97 Å². The third-order valence-corrected chi connectivity index (χ3v) is 5.71. The fourth-order valence-corrected chi connectivity index (χ4v) is 4.07. The van der Waals surface area contributed by atoms with Crippen LogP contribution in [-0.4, -0.2) is 29.9 Å². The van der Waals surface area contributed by atoms with Crippen LogP contribution >= 0.6 is 11.6 Å². The van der Waals surface area contributed by atoms with Crippen LogP contribution in [0.15, 0.2) is 42.2 Å². The maximum atomic E-state index is 12.7. The molecule has 2 aliphatic rings. The maximum Gasteiger partial charge on any atom is 0.343 e. The van der Waals surface area contributed by atoms with E-state index in [1.54, 1.807) is 0 Å². The SMILES string of the molecule is Cc1cc(C)c(-c2ccc(Cl)cc2)cc1C1=C(O)C2(CCOCC2)OC1=O. The molecule has 0 unspecified atom stereocenters. The molecule has 4 nitrogen and oxygen atoms in total. The van der Waals surface area contributed by atoms with Crippen molar-refractivity contribution in [2.24, 2.45) is 0 Å². The fourth-order valence-electron chi connectivity index (χ4n) is 3.94. The van der Waals surface area contributed by atoms with Crippen molar-refractivity contribution in [1.29, 1.82) is 0 Å². The highest BCUT2D eigenvalue weighted by Gasteiger charge is 2.49. The number of aliphatic hydroxyl groups is 1. The molecule has 2 aromatic carbocycles. The van der Waals surface area contributed by atoms with E-state index in [-0.39, 0.29) is 11.3 Å². The van der Waals surface area contributed by atoms with Gasteiger partial charge in [0.1, 0.15) is 5.57 Å². The van der Waals surface area contributed by atoms with Crippen molar-refractivity contribution in [1.82, 2.24) is 0 Å². The Morgan fingerprint density at radius 3 is 2.30 bits per heavy atom. The van der Waals surface area contributed by atoms with Gasteiger partial charge in [0, 0.05) is 17.9 Å². The van der Waals surface area contributed by atoms with E-state index in [1.165, 1.54) is 0 Å². The Morgan fingerprint density at radius 2 is 1.63 bits per heavy atom. The van der Waals surface area contributed by atoms with E-state index >= 15 is 0 Å². The molecule has 1 fully saturated rings. The topological polar surface area (TPSA) is 55.8 Å². The van der Waals surface area contributed by atoms with Crippen molar-refractivity contribution in [3.8, 4) is 11.1 Å². The molecule has 1 N–H and O–H groups in total. The molecule has 2 heterocycles. The number of ether oxygens (including phenoxy) is 2. The molecule has 0 bridgehead atoms. The third-order valence-electron chi connectivity index (χ3n) is 5.46. The molecule has 1 spiro atoms. The molecule has 27 heavy (non-hydrogen) atoms. The van der Waals surface area contributed by atoms with Crippen LogP contribution in [0.2, 0.25) is 5.02 Å². The summed E-state index contributed by atoms with van der Waals surface area (Å²) in [6.07, 6.45) is 0.950. The lowest BCUT2D eigenvalue weighted by Crippen LogP contribution is -2.38. The molecule has 4 rings (SSSR count). The summed E-state index contributed by atoms with van der Waals surface area (Å²) in [5.41, 5.74) is 4.04. The van der Waals surface area contributed by atoms with Gasteiger partial charge in [0.05, 0.1) is 13.2 Å². The van der Waals surface area contributed by atoms with Gasteiger partial charge in [-0.05, 0) is 59.9 Å². The van der Waals surface area contributed by atoms with Gasteiger partial charge in [0.2, 0.25) is 0 Å². The largest absolute Gasteiger partial charge is 0.507 e. The fraction of sp³-hybridized carbons (Fsp3) is 0.318. The minimum absolute atomic E-state index is 0.0322. The lowest BCUT2D eigenvalue weighted by atomic mass is 9.87. The molecule has 2 aliphatic heterocycles. The second kappa shape index (κ2) is 6.70. The number of carbonyl (C=O) groups excluding carboxylic acids is 1. The summed E-state index contributed by atoms with van der Waals surface area (Å²) in [5.74, 6) is -0.437. The van der Waals surface area contributed by atoms with Crippen LogP contribution in [-0.2, 0) is 14.3 Å². The molecular formula is C22H21ClO4. The molecule has 5 heteroatoms. The lowest BCUT2D eigenvalue weighted by Gasteiger charge is -2.31. The number of aryl methyl sites for hydroxylation is 2. The number of halogens is 1. The highest BCUT2D eigenvalue weighted by molar-refractivity contribution is 6.30. The summed E-state index contributed by atoms with van der Waals surface area (Å²) < 4.78 is 11.0. The standard InChI is InChI=1S/C22H21ClO4/c1-13-11-14(2)18(12-17(13)15-3-5-16(23)6-4-15)19-20(24)22(27-21(19)25)7-9-26-10-8-22/h3-6,11-12,24H,7-10H2,1-2H3. The zero-order valence-electron chi connectivity index (χ0n) is 15.3. The van der Waals surface area contributed by atoms with E-state index < -0.39 is 11.6 Å². The van der Waals surface area contributed by atoms with Crippen molar-refractivity contribution in [3.05, 3.63) is 63.9 Å². The van der Waals surface area contributed by atoms with Crippen molar-refractivity contribution < 1.29 is 19.4 Å². The van der Waals surface area contributed by atoms with Gasteiger partial charge < -0.3 is 14.6 Å². The lowest BCUT2D eigenvalue weighted by molar-refractivity contribution is -0.154. The van der Waals surface area contributed by atoms with Crippen LogP contribution in [0.5, 0.6) is 0 Å². The predicted octanol–water partition coefficient (Wildman–Crippen LogP) is 5.00. The van der Waals surface area contributed by atoms with Crippen molar-refractivity contribution >= 4 is 23.1 Å². The molecule has 0 amide bonds. The molecule has 0 aromatic heterocycles. The van der Waals surface area contributed by atoms with Crippen LogP contribution < -0.4 is 0 Å². The second-order valence-corrected chi connectivity index (χ2v) is 7.65. The Balaban J connectivity index is 1.85. The first-order valence-electron chi connectivity index (χ1n) is 9.04. The molecule has 0 atom stereocenters. The van der Waals surface area contributed by atoms with Gasteiger partial charge in [-0.3, -0.25) is 0 Å². The van der Waals surface area contributed by atoms with Crippen molar-refractivity contribution in [2.45, 2.75) is 32.3 Å². The first kappa shape index (κ1) is 18.1. The monoisotopic (exact) mass is 384 g/mol. The number of rotatable bonds is 2. The van der Waals surface area contributed by atoms with E-state index in [4.69, 9.17) is 21.1 Å². The molecule has 0 radical (unpaired) electrons. The van der Waals surface area contributed by atoms with Crippen LogP contribution in [0.3, 0.4) is 0 Å². The van der Waals surface area contributed by atoms with Gasteiger partial charge in [0.25, 0.3) is 0 Å². The molecule has 0 saturated carbocycles. The number of hydrogen-bond donors (Lipinski definition) is 1. The number of esters is 1. The summed E-state index contributed by atoms with van der Waals surface area (Å²) in [4.78, 5) is 12.7. The van der Waals surface area contributed by atoms with Crippen molar-refractivity contribution in [2.75, 3.05) is 13.2 Å². The number of carbonyl (C=O) groups is 1. The zero-order chi connectivity index (χ0) is 19.2. The van der Waals surface area contributed by atoms with E-state index in [9.17, 15) is 9.90 Å². The minimum Gasteiger partial charge on any atom is -0.507 e. The zero-order valence-corrected chi connectivity index (χ0v) is 16.1. The van der Waals surface area contributed by atoms with Gasteiger partial charge in [-0.25, -0.2) is 4.79 Å². The summed E-state index contributed by atoms with van der Waals surface area (Å²) in [5, 5.41) is 11.6. The summed E-state index contributed by atoms with van der Waals surface area (Å²) in [7, 11) is 0. The molecule has 1 saturated heterocycles. The minimum atomic E-state index is -0.942. The Morgan fingerprint density at radius 1 is 1.00 bits per heavy atom. The summed E-state index contributed by atoms with van der Waals surface area (Å²) in [6.45, 7) is 4.90. The molecule has 0 aliphatic carbocycles. The average Bonchev–Trinajstić information content (AvgIpc) is 2.87. The second-order valence-electron chi connectivity index (χ2n) is 7.21. The van der Waals surface area contributed by atoms with Crippen LogP contribution in [0, 0.1) is 13.8 Å². The molecule has 2 aromatic rings. The van der Waals surface area contributed by atoms with Gasteiger partial charge in [0.15, 0.2) is 11.4 Å². The number of aliphatic hydroxyl groups excluding tert-OH is 1. The predicted molar refractivity (Wildman–Crippen MR) is 105 cm³/mol. The number of benzene rings is 2. The van der Waals surface area contributed by atoms with Crippen LogP contribution in [0.1, 0.15) is 29.5 Å². The third kappa shape index (κ3) is 3.03. The van der Waals surface area contributed by atoms with Crippen LogP contribution in [0.4, 0.5) is 0 Å². The smallest absolute Gasteiger partial charge is 0.343 e. The maximum absolute atomic E-state index is 12.7. The average molecular weight is 385 g/mol. The van der Waals surface area contributed by atoms with Crippen LogP contribution in [0.25, 0.3) is 16.7 Å². The summed E-state index contributed by atoms with van der Waals surface area (Å²) >= 11 is 6.01. The van der Waals surface area contributed by atoms with E-state index in [1.807, 2.05) is 50.2 Å². The van der Waals surface area contributed by atoms with Gasteiger partial charge in [-0.1, -0.05) is 29.8 Å². The van der Waals surface area contributed by atoms with Crippen molar-refractivity contribution in [3.63, 3.8) is 0 Å². The highest BCUT2D eigenvalue weighted by atomic mass is 35.5. The Labute approximate surface area is 163 Å². The van der Waals surface area contributed by atoms with E-state index in [2.05, 4.69) is 0 Å². The Kier molecular flexibility index (Phi) is 4.49. The quantitative estimate of drug-likeness (QED) is 0.740. The van der Waals surface area contributed by atoms with Gasteiger partial charge in [-0.15, -0.1) is 0 Å². The van der Waals surface area contributed by atoms with E-state index in [0.717, 1.165) is 22.3 Å². The highest BCUT2D eigenvalue weighted by Crippen LogP contribution is 2.44. The summed E-state index contributed by atoms with van der Waals surface area (Å²) in [6, 6.07) is 11.6. The first-order valence-corrected chi connectivity index (χ1v) is 9.41. The van der Waals surface area contributed by atoms with E-state index in [0.29, 0.717) is 36.6 Å². The molecule has 140 valence electrons. The van der Waals surface area contributed by atoms with Gasteiger partial charge in [-0.2, -0.15) is 0 Å². The normalized spacial score (nSPS) is 18.9. The Hall–Kier alpha value is -2.30. The Bertz CT molecular complexity index is 938. The first-order chi connectivity index (χ1) is 12.9.